The zero-order valence-electron chi connectivity index (χ0n) is 16.5. The molecule has 0 saturated heterocycles. The molecule has 3 unspecified atom stereocenters. The van der Waals surface area contributed by atoms with Crippen LogP contribution in [-0.2, 0) is 19.1 Å². The average Bonchev–Trinajstić information content (AvgIpc) is 3.06. The van der Waals surface area contributed by atoms with Gasteiger partial charge in [0, 0.05) is 0 Å². The summed E-state index contributed by atoms with van der Waals surface area (Å²) in [5.41, 5.74) is 5.09. The van der Waals surface area contributed by atoms with Gasteiger partial charge in [0.2, 0.25) is 0 Å². The molecule has 0 aromatic rings. The molecule has 0 saturated carbocycles. The molecule has 3 atom stereocenters. The normalized spacial score (nSPS) is 34.1. The standard InChI is InChI=1S/C21H31Ge.2ClH.Hf/c1-14-10-9-13-17-18(15(14)2)20(22(5)6)21(3,4)19(17)16-11-7-8-12-16;;;/h7-8,11,14-15H,9-10,12-13H2,1-6H3;2*1H;/q;;;+2/p-2. The molecular formula is C21H31Cl2GeHf. The number of halogens is 2. The quantitative estimate of drug-likeness (QED) is 0.291. The van der Waals surface area contributed by atoms with Crippen molar-refractivity contribution in [1.29, 1.82) is 0 Å². The second-order valence-electron chi connectivity index (χ2n) is 8.89. The SMILES string of the molecule is CC1CCCC2=C([C](=[Ge]([CH3])[CH3])C(C)(C)[C]2(C2=CC=CC2)[Hf]([Cl])[Cl])C1C. The fourth-order valence-corrected chi connectivity index (χ4v) is 24.9. The third-order valence-corrected chi connectivity index (χ3v) is 22.2. The molecule has 0 aliphatic heterocycles. The maximum absolute atomic E-state index is 7.11. The Labute approximate surface area is 173 Å². The molecule has 0 aromatic heterocycles. The van der Waals surface area contributed by atoms with Crippen LogP contribution in [0.1, 0.15) is 53.4 Å². The molecule has 0 aromatic carbocycles. The molecule has 0 amide bonds. The summed E-state index contributed by atoms with van der Waals surface area (Å²) in [5.74, 6) is 6.50. The van der Waals surface area contributed by atoms with Crippen LogP contribution in [0.5, 0.6) is 0 Å². The van der Waals surface area contributed by atoms with Crippen molar-refractivity contribution in [2.24, 2.45) is 17.3 Å². The van der Waals surface area contributed by atoms with E-state index in [1.165, 1.54) is 24.8 Å². The van der Waals surface area contributed by atoms with E-state index in [2.05, 4.69) is 57.4 Å². The van der Waals surface area contributed by atoms with Gasteiger partial charge in [0.05, 0.1) is 0 Å². The molecule has 0 heterocycles. The van der Waals surface area contributed by atoms with Gasteiger partial charge in [-0.15, -0.1) is 0 Å². The third-order valence-electron chi connectivity index (χ3n) is 7.04. The van der Waals surface area contributed by atoms with Crippen molar-refractivity contribution in [3.05, 3.63) is 34.9 Å². The molecule has 0 N–H and O–H groups in total. The third kappa shape index (κ3) is 2.97. The molecular weight excluding hydrogens is 574 g/mol. The molecule has 3 aliphatic carbocycles. The summed E-state index contributed by atoms with van der Waals surface area (Å²) >= 11 is -4.12. The topological polar surface area (TPSA) is 0 Å². The van der Waals surface area contributed by atoms with E-state index in [-0.39, 0.29) is 8.59 Å². The van der Waals surface area contributed by atoms with E-state index in [1.54, 1.807) is 11.1 Å². The molecule has 137 valence electrons. The van der Waals surface area contributed by atoms with Gasteiger partial charge in [-0.25, -0.2) is 0 Å². The molecule has 0 bridgehead atoms. The van der Waals surface area contributed by atoms with Gasteiger partial charge in [-0.2, -0.15) is 0 Å². The Balaban J connectivity index is 2.37. The summed E-state index contributed by atoms with van der Waals surface area (Å²) in [6.07, 6.45) is 11.8. The van der Waals surface area contributed by atoms with E-state index in [9.17, 15) is 0 Å². The molecule has 3 rings (SSSR count). The minimum atomic E-state index is -2.85. The van der Waals surface area contributed by atoms with E-state index >= 15 is 0 Å². The summed E-state index contributed by atoms with van der Waals surface area (Å²) in [6.45, 7) is 9.91. The first kappa shape index (κ1) is 20.8. The molecule has 4 heteroatoms. The second-order valence-corrected chi connectivity index (χ2v) is 26.5. The Morgan fingerprint density at radius 2 is 1.88 bits per heavy atom. The summed E-state index contributed by atoms with van der Waals surface area (Å²) in [4.78, 5) is 0. The number of hydrogen-bond donors (Lipinski definition) is 0. The van der Waals surface area contributed by atoms with Gasteiger partial charge < -0.3 is 0 Å². The summed E-state index contributed by atoms with van der Waals surface area (Å²) < 4.78 is 1.82. The Hall–Kier alpha value is 1.08. The summed E-state index contributed by atoms with van der Waals surface area (Å²) in [6, 6.07) is 0. The van der Waals surface area contributed by atoms with Crippen molar-refractivity contribution in [3.8, 4) is 0 Å². The van der Waals surface area contributed by atoms with E-state index in [1.807, 2.05) is 4.35 Å². The Kier molecular flexibility index (Phi) is 6.23. The van der Waals surface area contributed by atoms with Gasteiger partial charge in [-0.05, 0) is 0 Å². The molecule has 0 spiro atoms. The first-order chi connectivity index (χ1) is 11.7. The summed E-state index contributed by atoms with van der Waals surface area (Å²) in [7, 11) is 14.2. The number of rotatable bonds is 2. The van der Waals surface area contributed by atoms with Crippen molar-refractivity contribution in [1.82, 2.24) is 0 Å². The van der Waals surface area contributed by atoms with Crippen LogP contribution in [-0.4, -0.2) is 18.3 Å². The van der Waals surface area contributed by atoms with Gasteiger partial charge >= 0.3 is 175 Å². The Morgan fingerprint density at radius 1 is 1.20 bits per heavy atom. The molecule has 0 nitrogen and oxygen atoms in total. The van der Waals surface area contributed by atoms with Gasteiger partial charge in [-0.3, -0.25) is 0 Å². The first-order valence-corrected chi connectivity index (χ1v) is 25.6. The van der Waals surface area contributed by atoms with Crippen LogP contribution in [0, 0.1) is 17.3 Å². The second kappa shape index (κ2) is 7.49. The average molecular weight is 605 g/mol. The van der Waals surface area contributed by atoms with E-state index in [4.69, 9.17) is 17.2 Å². The van der Waals surface area contributed by atoms with E-state index in [0.717, 1.165) is 12.3 Å². The van der Waals surface area contributed by atoms with Crippen molar-refractivity contribution in [2.75, 3.05) is 0 Å². The van der Waals surface area contributed by atoms with Gasteiger partial charge in [0.25, 0.3) is 0 Å². The van der Waals surface area contributed by atoms with Crippen molar-refractivity contribution < 1.29 is 19.1 Å². The fraction of sp³-hybridized carbons (Fsp3) is 0.667. The fourth-order valence-electron chi connectivity index (χ4n) is 5.90. The molecule has 0 fully saturated rings. The Bertz CT molecular complexity index is 695. The maximum atomic E-state index is 7.11. The van der Waals surface area contributed by atoms with Crippen LogP contribution < -0.4 is 0 Å². The predicted octanol–water partition coefficient (Wildman–Crippen LogP) is 7.26. The zero-order valence-corrected chi connectivity index (χ0v) is 23.7. The zero-order chi connectivity index (χ0) is 18.6. The van der Waals surface area contributed by atoms with Gasteiger partial charge in [0.1, 0.15) is 0 Å². The van der Waals surface area contributed by atoms with Crippen molar-refractivity contribution in [3.63, 3.8) is 0 Å². The van der Waals surface area contributed by atoms with Crippen molar-refractivity contribution >= 4 is 35.4 Å². The van der Waals surface area contributed by atoms with Crippen molar-refractivity contribution in [2.45, 2.75) is 68.1 Å². The van der Waals surface area contributed by atoms with Gasteiger partial charge in [0.15, 0.2) is 0 Å². The molecule has 0 radical (unpaired) electrons. The molecule has 25 heavy (non-hydrogen) atoms. The van der Waals surface area contributed by atoms with Crippen LogP contribution in [0.4, 0.5) is 0 Å². The number of allylic oxidation sites excluding steroid dienone is 6. The Morgan fingerprint density at radius 3 is 2.40 bits per heavy atom. The molecule has 3 aliphatic rings. The summed E-state index contributed by atoms with van der Waals surface area (Å²) in [5, 5.41) is 0. The van der Waals surface area contributed by atoms with Crippen LogP contribution in [0.15, 0.2) is 34.9 Å². The minimum absolute atomic E-state index is 0.00245. The predicted molar refractivity (Wildman–Crippen MR) is 112 cm³/mol. The van der Waals surface area contributed by atoms with Crippen LogP contribution in [0.3, 0.4) is 0 Å². The van der Waals surface area contributed by atoms with Crippen LogP contribution >= 0.6 is 17.2 Å². The van der Waals surface area contributed by atoms with Crippen LogP contribution in [0.25, 0.3) is 0 Å². The number of hydrogen-bond acceptors (Lipinski definition) is 0. The monoisotopic (exact) mass is 607 g/mol. The van der Waals surface area contributed by atoms with E-state index in [0.29, 0.717) is 5.92 Å². The van der Waals surface area contributed by atoms with E-state index < -0.39 is 33.0 Å². The first-order valence-electron chi connectivity index (χ1n) is 9.63. The van der Waals surface area contributed by atoms with Gasteiger partial charge in [-0.1, -0.05) is 0 Å². The van der Waals surface area contributed by atoms with Crippen LogP contribution in [0.2, 0.25) is 14.7 Å².